The van der Waals surface area contributed by atoms with E-state index in [0.29, 0.717) is 13.0 Å². The van der Waals surface area contributed by atoms with Crippen LogP contribution in [0.25, 0.3) is 0 Å². The maximum atomic E-state index is 10.4. The largest absolute Gasteiger partial charge is 0.466 e. The van der Waals surface area contributed by atoms with Crippen molar-refractivity contribution in [2.75, 3.05) is 6.61 Å². The van der Waals surface area contributed by atoms with E-state index in [4.69, 9.17) is 4.74 Å². The summed E-state index contributed by atoms with van der Waals surface area (Å²) in [5.74, 6) is 10.7. The maximum absolute atomic E-state index is 10.4. The van der Waals surface area contributed by atoms with E-state index in [2.05, 4.69) is 23.7 Å². The molecular weight excluding hydrogens is 212 g/mol. The minimum Gasteiger partial charge on any atom is -0.466 e. The fourth-order valence-corrected chi connectivity index (χ4v) is 0.788. The van der Waals surface area contributed by atoms with E-state index in [-0.39, 0.29) is 5.97 Å². The number of carbonyl (C=O) groups is 1. The van der Waals surface area contributed by atoms with Gasteiger partial charge in [0.2, 0.25) is 0 Å². The van der Waals surface area contributed by atoms with Gasteiger partial charge in [0.25, 0.3) is 0 Å². The van der Waals surface area contributed by atoms with E-state index in [1.165, 1.54) is 6.92 Å². The van der Waals surface area contributed by atoms with Crippen LogP contribution in [0.4, 0.5) is 0 Å². The highest BCUT2D eigenvalue weighted by atomic mass is 16.5. The Morgan fingerprint density at radius 1 is 1.18 bits per heavy atom. The van der Waals surface area contributed by atoms with E-state index in [9.17, 15) is 4.79 Å². The van der Waals surface area contributed by atoms with Gasteiger partial charge in [-0.1, -0.05) is 36.1 Å². The number of rotatable bonds is 4. The fraction of sp³-hybridized carbons (Fsp3) is 0.267. The molecule has 0 saturated heterocycles. The molecule has 0 spiro atoms. The van der Waals surface area contributed by atoms with Crippen molar-refractivity contribution < 1.29 is 9.53 Å². The molecule has 0 aliphatic rings. The van der Waals surface area contributed by atoms with Crippen molar-refractivity contribution in [1.29, 1.82) is 0 Å². The lowest BCUT2D eigenvalue weighted by Gasteiger charge is -1.95. The third-order valence-electron chi connectivity index (χ3n) is 1.47. The summed E-state index contributed by atoms with van der Waals surface area (Å²) in [4.78, 5) is 10.4. The van der Waals surface area contributed by atoms with E-state index in [1.807, 2.05) is 31.2 Å². The van der Waals surface area contributed by atoms with E-state index in [1.54, 1.807) is 12.2 Å². The van der Waals surface area contributed by atoms with Crippen molar-refractivity contribution in [2.24, 2.45) is 0 Å². The molecule has 88 valence electrons. The molecule has 0 saturated carbocycles. The molecule has 0 heterocycles. The molecule has 0 aromatic rings. The van der Waals surface area contributed by atoms with Gasteiger partial charge in [-0.15, -0.1) is 0 Å². The predicted octanol–water partition coefficient (Wildman–Crippen LogP) is 2.63. The van der Waals surface area contributed by atoms with Gasteiger partial charge in [0.05, 0.1) is 6.61 Å². The first-order valence-corrected chi connectivity index (χ1v) is 5.34. The molecular formula is C15H16O2. The monoisotopic (exact) mass is 228 g/mol. The standard InChI is InChI=1S/C15H16O2/c1-3-4-5-6-7-8-9-10-11-12-13-14-17-15(2)16/h3-4,9-12H,13-14H2,1-2H3. The number of ether oxygens (including phenoxy) is 1. The van der Waals surface area contributed by atoms with Gasteiger partial charge in [-0.3, -0.25) is 4.79 Å². The Balaban J connectivity index is 3.70. The smallest absolute Gasteiger partial charge is 0.302 e. The Labute approximate surface area is 103 Å². The molecule has 0 aromatic carbocycles. The van der Waals surface area contributed by atoms with Crippen LogP contribution in [0.5, 0.6) is 0 Å². The average molecular weight is 228 g/mol. The molecule has 0 radical (unpaired) electrons. The summed E-state index contributed by atoms with van der Waals surface area (Å²) in [5, 5.41) is 0. The summed E-state index contributed by atoms with van der Waals surface area (Å²) in [6.45, 7) is 3.72. The predicted molar refractivity (Wildman–Crippen MR) is 69.9 cm³/mol. The highest BCUT2D eigenvalue weighted by Crippen LogP contribution is 1.86. The SMILES string of the molecule is CC=CC#CC#CC=CC=CCCOC(C)=O. The Morgan fingerprint density at radius 2 is 1.88 bits per heavy atom. The molecule has 2 nitrogen and oxygen atoms in total. The zero-order chi connectivity index (χ0) is 12.8. The number of hydrogen-bond donors (Lipinski definition) is 0. The summed E-state index contributed by atoms with van der Waals surface area (Å²) in [6.07, 6.45) is 11.6. The molecule has 0 fully saturated rings. The van der Waals surface area contributed by atoms with Crippen LogP contribution in [0.2, 0.25) is 0 Å². The number of allylic oxidation sites excluding steroid dienone is 5. The highest BCUT2D eigenvalue weighted by Gasteiger charge is 1.87. The van der Waals surface area contributed by atoms with Gasteiger partial charge in [0.15, 0.2) is 0 Å². The van der Waals surface area contributed by atoms with E-state index < -0.39 is 0 Å². The van der Waals surface area contributed by atoms with Crippen LogP contribution in [0.15, 0.2) is 36.5 Å². The second-order valence-electron chi connectivity index (χ2n) is 2.95. The van der Waals surface area contributed by atoms with E-state index in [0.717, 1.165) is 0 Å². The molecule has 0 rings (SSSR count). The Bertz CT molecular complexity index is 417. The summed E-state index contributed by atoms with van der Waals surface area (Å²) in [6, 6.07) is 0. The quantitative estimate of drug-likeness (QED) is 0.320. The first-order chi connectivity index (χ1) is 8.27. The second-order valence-corrected chi connectivity index (χ2v) is 2.95. The van der Waals surface area contributed by atoms with Gasteiger partial charge in [-0.25, -0.2) is 0 Å². The summed E-state index contributed by atoms with van der Waals surface area (Å²) >= 11 is 0. The van der Waals surface area contributed by atoms with Crippen molar-refractivity contribution in [3.63, 3.8) is 0 Å². The van der Waals surface area contributed by atoms with Crippen LogP contribution < -0.4 is 0 Å². The number of hydrogen-bond acceptors (Lipinski definition) is 2. The summed E-state index contributed by atoms with van der Waals surface area (Å²) in [5.41, 5.74) is 0. The third-order valence-corrected chi connectivity index (χ3v) is 1.47. The normalized spacial score (nSPS) is 10.0. The minimum absolute atomic E-state index is 0.250. The topological polar surface area (TPSA) is 26.3 Å². The van der Waals surface area contributed by atoms with Crippen molar-refractivity contribution in [1.82, 2.24) is 0 Å². The van der Waals surface area contributed by atoms with Crippen LogP contribution in [0.1, 0.15) is 20.3 Å². The van der Waals surface area contributed by atoms with Gasteiger partial charge < -0.3 is 4.74 Å². The van der Waals surface area contributed by atoms with Gasteiger partial charge in [-0.05, 0) is 37.3 Å². The fourth-order valence-electron chi connectivity index (χ4n) is 0.788. The van der Waals surface area contributed by atoms with Crippen LogP contribution in [-0.4, -0.2) is 12.6 Å². The van der Waals surface area contributed by atoms with Crippen molar-refractivity contribution in [3.8, 4) is 23.7 Å². The molecule has 17 heavy (non-hydrogen) atoms. The summed E-state index contributed by atoms with van der Waals surface area (Å²) in [7, 11) is 0. The third kappa shape index (κ3) is 13.8. The molecule has 0 unspecified atom stereocenters. The first-order valence-electron chi connectivity index (χ1n) is 5.34. The molecule has 0 atom stereocenters. The zero-order valence-corrected chi connectivity index (χ0v) is 10.2. The Hall–Kier alpha value is -2.19. The van der Waals surface area contributed by atoms with Crippen molar-refractivity contribution in [3.05, 3.63) is 36.5 Å². The molecule has 0 amide bonds. The molecule has 0 N–H and O–H groups in total. The van der Waals surface area contributed by atoms with E-state index >= 15 is 0 Å². The van der Waals surface area contributed by atoms with Crippen molar-refractivity contribution >= 4 is 5.97 Å². The lowest BCUT2D eigenvalue weighted by atomic mass is 10.3. The lowest BCUT2D eigenvalue weighted by Crippen LogP contribution is -1.98. The van der Waals surface area contributed by atoms with Gasteiger partial charge in [-0.2, -0.15) is 0 Å². The van der Waals surface area contributed by atoms with Gasteiger partial charge in [0, 0.05) is 6.92 Å². The molecule has 2 heteroatoms. The molecule has 0 bridgehead atoms. The van der Waals surface area contributed by atoms with Gasteiger partial charge >= 0.3 is 5.97 Å². The second kappa shape index (κ2) is 11.9. The molecule has 0 aliphatic heterocycles. The van der Waals surface area contributed by atoms with Gasteiger partial charge in [0.1, 0.15) is 0 Å². The average Bonchev–Trinajstić information content (AvgIpc) is 2.30. The number of carbonyl (C=O) groups excluding carboxylic acids is 1. The maximum Gasteiger partial charge on any atom is 0.302 e. The molecule has 0 aromatic heterocycles. The number of esters is 1. The first kappa shape index (κ1) is 14.8. The summed E-state index contributed by atoms with van der Waals surface area (Å²) < 4.78 is 4.76. The highest BCUT2D eigenvalue weighted by molar-refractivity contribution is 5.65. The lowest BCUT2D eigenvalue weighted by molar-refractivity contribution is -0.140. The zero-order valence-electron chi connectivity index (χ0n) is 10.2. The van der Waals surface area contributed by atoms with Crippen LogP contribution in [0.3, 0.4) is 0 Å². The van der Waals surface area contributed by atoms with Crippen LogP contribution in [-0.2, 0) is 9.53 Å². The Kier molecular flexibility index (Phi) is 10.4. The van der Waals surface area contributed by atoms with Crippen LogP contribution in [0, 0.1) is 23.7 Å². The Morgan fingerprint density at radius 3 is 2.53 bits per heavy atom. The molecule has 0 aliphatic carbocycles. The van der Waals surface area contributed by atoms with Crippen molar-refractivity contribution in [2.45, 2.75) is 20.3 Å². The minimum atomic E-state index is -0.250. The van der Waals surface area contributed by atoms with Crippen LogP contribution >= 0.6 is 0 Å².